The number of nitrogens with zero attached hydrogens (tertiary/aromatic N) is 3. The standard InChI is InChI=1S/C15H23N3/c1-4-7-8-9-10-11-14(5-2)12-18-15(6-3)16-13-17-18/h5-6,12-13H,2-4,7-11H2,1H3/b14-12+. The zero-order valence-corrected chi connectivity index (χ0v) is 11.3. The number of hydrogen-bond donors (Lipinski definition) is 0. The summed E-state index contributed by atoms with van der Waals surface area (Å²) in [5.74, 6) is 0.764. The second-order valence-electron chi connectivity index (χ2n) is 4.34. The maximum atomic E-state index is 4.14. The quantitative estimate of drug-likeness (QED) is 0.479. The Hall–Kier alpha value is -1.64. The van der Waals surface area contributed by atoms with Crippen molar-refractivity contribution in [3.8, 4) is 0 Å². The van der Waals surface area contributed by atoms with Crippen molar-refractivity contribution < 1.29 is 0 Å². The van der Waals surface area contributed by atoms with Gasteiger partial charge in [-0.3, -0.25) is 0 Å². The molecule has 0 spiro atoms. The largest absolute Gasteiger partial charge is 0.221 e. The fraction of sp³-hybridized carbons (Fsp3) is 0.467. The molecule has 0 aliphatic heterocycles. The van der Waals surface area contributed by atoms with Crippen molar-refractivity contribution in [1.82, 2.24) is 14.8 Å². The van der Waals surface area contributed by atoms with E-state index < -0.39 is 0 Å². The third-order valence-electron chi connectivity index (χ3n) is 2.90. The Kier molecular flexibility index (Phi) is 6.77. The minimum Gasteiger partial charge on any atom is -0.221 e. The molecule has 1 rings (SSSR count). The van der Waals surface area contributed by atoms with Crippen LogP contribution < -0.4 is 0 Å². The number of hydrogen-bond acceptors (Lipinski definition) is 2. The molecule has 18 heavy (non-hydrogen) atoms. The molecule has 0 bridgehead atoms. The molecule has 1 aromatic heterocycles. The van der Waals surface area contributed by atoms with Gasteiger partial charge in [-0.05, 0) is 24.5 Å². The summed E-state index contributed by atoms with van der Waals surface area (Å²) < 4.78 is 1.75. The highest BCUT2D eigenvalue weighted by Gasteiger charge is 1.99. The molecule has 0 amide bonds. The van der Waals surface area contributed by atoms with Gasteiger partial charge in [0.1, 0.15) is 6.33 Å². The number of aromatic nitrogens is 3. The van der Waals surface area contributed by atoms with E-state index in [9.17, 15) is 0 Å². The number of allylic oxidation sites excluding steroid dienone is 2. The van der Waals surface area contributed by atoms with Gasteiger partial charge in [-0.15, -0.1) is 0 Å². The molecule has 3 heteroatoms. The summed E-state index contributed by atoms with van der Waals surface area (Å²) in [6, 6.07) is 0. The lowest BCUT2D eigenvalue weighted by Gasteiger charge is -2.03. The van der Waals surface area contributed by atoms with Crippen molar-refractivity contribution in [2.75, 3.05) is 0 Å². The van der Waals surface area contributed by atoms with Crippen LogP contribution in [0.1, 0.15) is 51.3 Å². The molecular weight excluding hydrogens is 222 g/mol. The Morgan fingerprint density at radius 1 is 1.28 bits per heavy atom. The average Bonchev–Trinajstić information content (AvgIpc) is 2.84. The van der Waals surface area contributed by atoms with Crippen LogP contribution in [0.2, 0.25) is 0 Å². The zero-order valence-electron chi connectivity index (χ0n) is 11.3. The molecule has 0 fully saturated rings. The van der Waals surface area contributed by atoms with Crippen LogP contribution in [-0.4, -0.2) is 14.8 Å². The van der Waals surface area contributed by atoms with Gasteiger partial charge in [0.2, 0.25) is 0 Å². The molecule has 0 aliphatic rings. The minimum atomic E-state index is 0.764. The first-order valence-electron chi connectivity index (χ1n) is 6.66. The molecule has 0 aliphatic carbocycles. The predicted molar refractivity (Wildman–Crippen MR) is 78.0 cm³/mol. The highest BCUT2D eigenvalue weighted by atomic mass is 15.3. The van der Waals surface area contributed by atoms with Crippen LogP contribution in [0, 0.1) is 0 Å². The fourth-order valence-corrected chi connectivity index (χ4v) is 1.81. The van der Waals surface area contributed by atoms with Crippen molar-refractivity contribution in [3.05, 3.63) is 37.0 Å². The molecule has 0 N–H and O–H groups in total. The van der Waals surface area contributed by atoms with Crippen LogP contribution >= 0.6 is 0 Å². The molecule has 0 radical (unpaired) electrons. The lowest BCUT2D eigenvalue weighted by Crippen LogP contribution is -1.94. The van der Waals surface area contributed by atoms with E-state index in [1.54, 1.807) is 10.8 Å². The lowest BCUT2D eigenvalue weighted by molar-refractivity contribution is 0.633. The van der Waals surface area contributed by atoms with Crippen LogP contribution in [0.25, 0.3) is 12.3 Å². The third-order valence-corrected chi connectivity index (χ3v) is 2.90. The Bertz CT molecular complexity index is 402. The monoisotopic (exact) mass is 245 g/mol. The molecular formula is C15H23N3. The zero-order chi connectivity index (χ0) is 13.2. The summed E-state index contributed by atoms with van der Waals surface area (Å²) >= 11 is 0. The molecule has 98 valence electrons. The maximum absolute atomic E-state index is 4.14. The van der Waals surface area contributed by atoms with Gasteiger partial charge in [-0.1, -0.05) is 51.8 Å². The van der Waals surface area contributed by atoms with E-state index in [0.29, 0.717) is 0 Å². The third kappa shape index (κ3) is 4.70. The predicted octanol–water partition coefficient (Wildman–Crippen LogP) is 4.31. The molecule has 3 nitrogen and oxygen atoms in total. The summed E-state index contributed by atoms with van der Waals surface area (Å²) in [5, 5.41) is 4.14. The van der Waals surface area contributed by atoms with Gasteiger partial charge in [0.05, 0.1) is 0 Å². The van der Waals surface area contributed by atoms with Crippen molar-refractivity contribution in [2.45, 2.75) is 45.4 Å². The summed E-state index contributed by atoms with van der Waals surface area (Å²) in [6.45, 7) is 9.80. The molecule has 0 saturated heterocycles. The summed E-state index contributed by atoms with van der Waals surface area (Å²) in [7, 11) is 0. The highest BCUT2D eigenvalue weighted by Crippen LogP contribution is 2.13. The molecule has 1 heterocycles. The average molecular weight is 245 g/mol. The van der Waals surface area contributed by atoms with Gasteiger partial charge in [0.25, 0.3) is 0 Å². The van der Waals surface area contributed by atoms with Crippen molar-refractivity contribution in [2.24, 2.45) is 0 Å². The van der Waals surface area contributed by atoms with E-state index in [1.165, 1.54) is 44.0 Å². The maximum Gasteiger partial charge on any atom is 0.154 e. The lowest BCUT2D eigenvalue weighted by atomic mass is 10.1. The fourth-order valence-electron chi connectivity index (χ4n) is 1.81. The van der Waals surface area contributed by atoms with E-state index in [-0.39, 0.29) is 0 Å². The van der Waals surface area contributed by atoms with Crippen LogP contribution in [0.3, 0.4) is 0 Å². The molecule has 0 unspecified atom stereocenters. The summed E-state index contributed by atoms with van der Waals surface area (Å²) in [4.78, 5) is 4.10. The van der Waals surface area contributed by atoms with Crippen LogP contribution in [0.5, 0.6) is 0 Å². The Balaban J connectivity index is 2.50. The molecule has 1 aromatic rings. The van der Waals surface area contributed by atoms with Gasteiger partial charge >= 0.3 is 0 Å². The number of rotatable bonds is 9. The van der Waals surface area contributed by atoms with Gasteiger partial charge in [-0.25, -0.2) is 9.67 Å². The smallest absolute Gasteiger partial charge is 0.154 e. The summed E-state index contributed by atoms with van der Waals surface area (Å²) in [6.07, 6.45) is 14.6. The van der Waals surface area contributed by atoms with E-state index in [0.717, 1.165) is 12.2 Å². The van der Waals surface area contributed by atoms with Gasteiger partial charge in [-0.2, -0.15) is 5.10 Å². The van der Waals surface area contributed by atoms with Crippen LogP contribution in [0.4, 0.5) is 0 Å². The second kappa shape index (κ2) is 8.45. The van der Waals surface area contributed by atoms with Crippen LogP contribution in [-0.2, 0) is 0 Å². The first-order valence-corrected chi connectivity index (χ1v) is 6.66. The Morgan fingerprint density at radius 3 is 2.72 bits per heavy atom. The first-order chi connectivity index (χ1) is 8.81. The van der Waals surface area contributed by atoms with Gasteiger partial charge < -0.3 is 0 Å². The Labute approximate surface area is 110 Å². The van der Waals surface area contributed by atoms with Crippen molar-refractivity contribution in [1.29, 1.82) is 0 Å². The van der Waals surface area contributed by atoms with Gasteiger partial charge in [0, 0.05) is 6.20 Å². The summed E-state index contributed by atoms with van der Waals surface area (Å²) in [5.41, 5.74) is 1.19. The number of unbranched alkanes of at least 4 members (excludes halogenated alkanes) is 4. The minimum absolute atomic E-state index is 0.764. The first kappa shape index (κ1) is 14.4. The molecule has 0 atom stereocenters. The Morgan fingerprint density at radius 2 is 2.06 bits per heavy atom. The highest BCUT2D eigenvalue weighted by molar-refractivity contribution is 5.44. The van der Waals surface area contributed by atoms with E-state index in [2.05, 4.69) is 30.2 Å². The van der Waals surface area contributed by atoms with E-state index in [4.69, 9.17) is 0 Å². The normalized spacial score (nSPS) is 11.5. The van der Waals surface area contributed by atoms with Crippen molar-refractivity contribution in [3.63, 3.8) is 0 Å². The van der Waals surface area contributed by atoms with Gasteiger partial charge in [0.15, 0.2) is 5.82 Å². The second-order valence-corrected chi connectivity index (χ2v) is 4.34. The van der Waals surface area contributed by atoms with Crippen molar-refractivity contribution >= 4 is 12.3 Å². The van der Waals surface area contributed by atoms with Crippen LogP contribution in [0.15, 0.2) is 31.1 Å². The SMILES string of the molecule is C=C/C(=C\n1ncnc1C=C)CCCCCCC. The molecule has 0 saturated carbocycles. The topological polar surface area (TPSA) is 30.7 Å². The molecule has 0 aromatic carbocycles. The van der Waals surface area contributed by atoms with E-state index in [1.807, 2.05) is 12.3 Å². The van der Waals surface area contributed by atoms with E-state index >= 15 is 0 Å².